The molecule has 2 N–H and O–H groups in total. The molecule has 2 atom stereocenters. The van der Waals surface area contributed by atoms with Crippen molar-refractivity contribution < 1.29 is 32.6 Å². The molecule has 1 unspecified atom stereocenters. The number of hydrogen-bond donors (Lipinski definition) is 2. The van der Waals surface area contributed by atoms with Crippen LogP contribution in [0.2, 0.25) is 10.0 Å². The minimum absolute atomic E-state index is 0.0367. The lowest BCUT2D eigenvalue weighted by atomic mass is 9.78. The molecule has 3 heterocycles. The summed E-state index contributed by atoms with van der Waals surface area (Å²) in [5, 5.41) is 23.1. The Morgan fingerprint density at radius 2 is 1.72 bits per heavy atom. The van der Waals surface area contributed by atoms with E-state index in [9.17, 15) is 23.4 Å². The molecule has 9 nitrogen and oxygen atoms in total. The van der Waals surface area contributed by atoms with Crippen LogP contribution in [0.25, 0.3) is 0 Å². The summed E-state index contributed by atoms with van der Waals surface area (Å²) in [5.41, 5.74) is -4.16. The van der Waals surface area contributed by atoms with E-state index in [0.29, 0.717) is 28.5 Å². The Bertz CT molecular complexity index is 1670. The van der Waals surface area contributed by atoms with E-state index < -0.39 is 44.4 Å². The van der Waals surface area contributed by atoms with Crippen LogP contribution in [0.15, 0.2) is 48.8 Å². The van der Waals surface area contributed by atoms with Crippen LogP contribution >= 0.6 is 23.2 Å². The quantitative estimate of drug-likeness (QED) is 0.368. The number of carbonyl (C=O) groups is 1. The predicted octanol–water partition coefficient (Wildman–Crippen LogP) is 4.35. The van der Waals surface area contributed by atoms with Crippen molar-refractivity contribution in [3.8, 4) is 0 Å². The van der Waals surface area contributed by atoms with E-state index in [-0.39, 0.29) is 60.0 Å². The molecule has 1 saturated heterocycles. The van der Waals surface area contributed by atoms with Crippen molar-refractivity contribution in [2.75, 3.05) is 18.1 Å². The number of ether oxygens (including phenoxy) is 1. The monoisotopic (exact) mass is 649 g/mol. The molecule has 3 aliphatic rings. The molecule has 43 heavy (non-hydrogen) atoms. The molecule has 0 radical (unpaired) electrons. The van der Waals surface area contributed by atoms with E-state index in [1.165, 1.54) is 36.4 Å². The Labute approximate surface area is 258 Å². The van der Waals surface area contributed by atoms with Gasteiger partial charge in [-0.25, -0.2) is 22.8 Å². The maximum absolute atomic E-state index is 16.6. The van der Waals surface area contributed by atoms with E-state index in [4.69, 9.17) is 27.9 Å². The van der Waals surface area contributed by atoms with Gasteiger partial charge in [0.15, 0.2) is 5.72 Å². The number of nitrogens with zero attached hydrogens (tertiary/aromatic N) is 3. The minimum Gasteiger partial charge on any atom is -0.387 e. The fraction of sp³-hybridized carbons (Fsp3) is 0.433. The van der Waals surface area contributed by atoms with Gasteiger partial charge in [0.1, 0.15) is 21.5 Å². The number of rotatable bonds is 8. The first-order valence-electron chi connectivity index (χ1n) is 13.9. The normalized spacial score (nSPS) is 24.0. The van der Waals surface area contributed by atoms with Gasteiger partial charge in [-0.15, -0.1) is 0 Å². The van der Waals surface area contributed by atoms with Crippen LogP contribution in [0.5, 0.6) is 0 Å². The molecular weight excluding hydrogens is 620 g/mol. The minimum atomic E-state index is -3.20. The van der Waals surface area contributed by atoms with Gasteiger partial charge in [0.05, 0.1) is 52.0 Å². The van der Waals surface area contributed by atoms with E-state index in [0.717, 1.165) is 0 Å². The molecule has 2 fully saturated rings. The molecule has 3 aromatic rings. The van der Waals surface area contributed by atoms with E-state index in [1.807, 2.05) is 0 Å². The highest BCUT2D eigenvalue weighted by Gasteiger charge is 2.57. The Hall–Kier alpha value is -2.67. The Balaban J connectivity index is 1.51. The summed E-state index contributed by atoms with van der Waals surface area (Å²) < 4.78 is 47.1. The summed E-state index contributed by atoms with van der Waals surface area (Å²) in [6.07, 6.45) is 4.17. The zero-order chi connectivity index (χ0) is 30.8. The van der Waals surface area contributed by atoms with Crippen molar-refractivity contribution in [2.45, 2.75) is 56.1 Å². The number of amides is 1. The third kappa shape index (κ3) is 5.55. The average molecular weight is 651 g/mol. The molecule has 2 aromatic carbocycles. The van der Waals surface area contributed by atoms with Gasteiger partial charge in [0.2, 0.25) is 0 Å². The number of fused-ring (bicyclic) bond motifs is 1. The lowest BCUT2D eigenvalue weighted by Gasteiger charge is -2.40. The molecule has 1 aromatic heterocycles. The van der Waals surface area contributed by atoms with Crippen molar-refractivity contribution in [3.05, 3.63) is 92.7 Å². The zero-order valence-electron chi connectivity index (χ0n) is 23.3. The lowest BCUT2D eigenvalue weighted by Crippen LogP contribution is -2.48. The smallest absolute Gasteiger partial charge is 0.257 e. The molecule has 1 saturated carbocycles. The number of sulfone groups is 1. The van der Waals surface area contributed by atoms with Crippen LogP contribution in [-0.4, -0.2) is 63.1 Å². The summed E-state index contributed by atoms with van der Waals surface area (Å²) >= 11 is 12.2. The van der Waals surface area contributed by atoms with Crippen molar-refractivity contribution in [1.29, 1.82) is 0 Å². The molecule has 228 valence electrons. The van der Waals surface area contributed by atoms with Gasteiger partial charge in [-0.1, -0.05) is 35.3 Å². The number of carbonyl (C=O) groups excluding carboxylic acids is 1. The highest BCUT2D eigenvalue weighted by atomic mass is 35.5. The summed E-state index contributed by atoms with van der Waals surface area (Å²) in [6, 6.07) is 9.08. The van der Waals surface area contributed by atoms with Crippen molar-refractivity contribution in [1.82, 2.24) is 14.9 Å². The Morgan fingerprint density at radius 1 is 1.09 bits per heavy atom. The van der Waals surface area contributed by atoms with Gasteiger partial charge in [-0.2, -0.15) is 0 Å². The summed E-state index contributed by atoms with van der Waals surface area (Å²) in [4.78, 5) is 24.1. The average Bonchev–Trinajstić information content (AvgIpc) is 3.65. The van der Waals surface area contributed by atoms with Gasteiger partial charge < -0.3 is 14.9 Å². The number of halogens is 3. The van der Waals surface area contributed by atoms with Crippen LogP contribution < -0.4 is 0 Å². The predicted molar refractivity (Wildman–Crippen MR) is 157 cm³/mol. The second kappa shape index (κ2) is 10.7. The largest absolute Gasteiger partial charge is 0.387 e. The van der Waals surface area contributed by atoms with E-state index >= 15 is 4.39 Å². The molecule has 6 rings (SSSR count). The van der Waals surface area contributed by atoms with Crippen molar-refractivity contribution in [2.24, 2.45) is 5.92 Å². The summed E-state index contributed by atoms with van der Waals surface area (Å²) in [6.45, 7) is 1.13. The molecule has 1 aliphatic carbocycles. The lowest BCUT2D eigenvalue weighted by molar-refractivity contribution is -0.139. The molecule has 0 bridgehead atoms. The molecule has 13 heteroatoms. The van der Waals surface area contributed by atoms with Gasteiger partial charge in [-0.3, -0.25) is 9.69 Å². The van der Waals surface area contributed by atoms with Crippen LogP contribution in [0.4, 0.5) is 4.39 Å². The van der Waals surface area contributed by atoms with Crippen LogP contribution in [0, 0.1) is 11.7 Å². The maximum atomic E-state index is 16.6. The highest BCUT2D eigenvalue weighted by Crippen LogP contribution is 2.50. The molecular formula is C30H30Cl2FN3O6S. The zero-order valence-corrected chi connectivity index (χ0v) is 25.6. The van der Waals surface area contributed by atoms with Crippen LogP contribution in [0.1, 0.15) is 65.5 Å². The topological polar surface area (TPSA) is 130 Å². The highest BCUT2D eigenvalue weighted by molar-refractivity contribution is 7.91. The summed E-state index contributed by atoms with van der Waals surface area (Å²) in [5.74, 6) is -1.81. The third-order valence-electron chi connectivity index (χ3n) is 8.80. The fourth-order valence-corrected chi connectivity index (χ4v) is 7.72. The third-order valence-corrected chi connectivity index (χ3v) is 11.0. The molecule has 2 aliphatic heterocycles. The molecule has 0 spiro atoms. The van der Waals surface area contributed by atoms with Crippen LogP contribution in [0.3, 0.4) is 0 Å². The number of aliphatic hydroxyl groups is 2. The number of hydrogen-bond acceptors (Lipinski definition) is 8. The Morgan fingerprint density at radius 3 is 2.33 bits per heavy atom. The van der Waals surface area contributed by atoms with Gasteiger partial charge in [0.25, 0.3) is 5.91 Å². The maximum Gasteiger partial charge on any atom is 0.257 e. The van der Waals surface area contributed by atoms with Gasteiger partial charge in [0, 0.05) is 23.0 Å². The fourth-order valence-electron chi connectivity index (χ4n) is 6.01. The first-order chi connectivity index (χ1) is 20.2. The number of aromatic nitrogens is 2. The van der Waals surface area contributed by atoms with Crippen LogP contribution in [-0.2, 0) is 32.4 Å². The van der Waals surface area contributed by atoms with Gasteiger partial charge >= 0.3 is 0 Å². The second-order valence-corrected chi connectivity index (χ2v) is 15.0. The summed E-state index contributed by atoms with van der Waals surface area (Å²) in [7, 11) is -3.20. The van der Waals surface area contributed by atoms with E-state index in [2.05, 4.69) is 9.97 Å². The first kappa shape index (κ1) is 30.4. The van der Waals surface area contributed by atoms with E-state index in [1.54, 1.807) is 24.3 Å². The first-order valence-corrected chi connectivity index (χ1v) is 16.5. The number of benzene rings is 2. The van der Waals surface area contributed by atoms with Crippen molar-refractivity contribution >= 4 is 38.9 Å². The SMILES string of the molecule is CC(O)(c1cc(F)c2c(c1)C(=O)N(Cc1ncc(Cl)cn1)[C@@]2(OCC1(O)CC1)c1ccc(Cl)cc1)C1CCS(=O)(=O)CC1. The standard InChI is InChI=1S/C30H30Cl2FN3O6S/c1-28(38,18-6-10-43(40,41)11-7-18)20-12-23-26(24(33)13-20)30(42-17-29(39)8-9-29,19-2-4-21(31)5-3-19)36(27(23)37)16-25-34-14-22(32)15-35-25/h2-5,12-15,18,38-39H,6-11,16-17H2,1H3/t28?,30-/m1/s1. The van der Waals surface area contributed by atoms with Gasteiger partial charge in [-0.05, 0) is 68.4 Å². The van der Waals surface area contributed by atoms with Crippen molar-refractivity contribution in [3.63, 3.8) is 0 Å². The molecule has 1 amide bonds. The Kier molecular flexibility index (Phi) is 7.59. The second-order valence-electron chi connectivity index (χ2n) is 11.8.